The number of sulfonamides is 1. The molecule has 1 aliphatic rings. The number of ether oxygens (including phenoxy) is 1. The van der Waals surface area contributed by atoms with Crippen LogP contribution in [0.5, 0.6) is 0 Å². The van der Waals surface area contributed by atoms with Crippen molar-refractivity contribution in [2.75, 3.05) is 13.7 Å². The molecule has 32 heavy (non-hydrogen) atoms. The molecule has 7 nitrogen and oxygen atoms in total. The second-order valence-electron chi connectivity index (χ2n) is 7.31. The minimum atomic E-state index is -3.96. The van der Waals surface area contributed by atoms with Crippen LogP contribution in [0.1, 0.15) is 36.7 Å². The Morgan fingerprint density at radius 2 is 1.72 bits per heavy atom. The lowest BCUT2D eigenvalue weighted by Gasteiger charge is -2.27. The highest BCUT2D eigenvalue weighted by molar-refractivity contribution is 7.91. The van der Waals surface area contributed by atoms with Crippen LogP contribution in [-0.4, -0.2) is 38.8 Å². The number of hydrogen-bond donors (Lipinski definition) is 1. The van der Waals surface area contributed by atoms with Crippen molar-refractivity contribution in [3.63, 3.8) is 0 Å². The minimum absolute atomic E-state index is 0.0693. The maximum absolute atomic E-state index is 13.1. The zero-order chi connectivity index (χ0) is 22.7. The van der Waals surface area contributed by atoms with Gasteiger partial charge in [-0.2, -0.15) is 0 Å². The summed E-state index contributed by atoms with van der Waals surface area (Å²) in [6.07, 6.45) is 0.378. The summed E-state index contributed by atoms with van der Waals surface area (Å²) < 4.78 is 33.6. The second-order valence-corrected chi connectivity index (χ2v) is 10.4. The van der Waals surface area contributed by atoms with Gasteiger partial charge in [-0.1, -0.05) is 48.5 Å². The molecule has 0 saturated carbocycles. The number of nitrogens with one attached hydrogen (secondary N) is 1. The molecule has 166 valence electrons. The average molecular weight is 471 g/mol. The third kappa shape index (κ3) is 4.45. The van der Waals surface area contributed by atoms with E-state index in [-0.39, 0.29) is 28.8 Å². The summed E-state index contributed by atoms with van der Waals surface area (Å²) in [5.74, 6) is -0.818. The van der Waals surface area contributed by atoms with Crippen molar-refractivity contribution in [3.05, 3.63) is 87.8 Å². The number of amides is 1. The molecule has 1 amide bonds. The molecular weight excluding hydrogens is 448 g/mol. The normalized spacial score (nSPS) is 13.5. The van der Waals surface area contributed by atoms with Gasteiger partial charge in [-0.15, -0.1) is 11.3 Å². The number of esters is 1. The Morgan fingerprint density at radius 3 is 2.38 bits per heavy atom. The molecule has 0 bridgehead atoms. The van der Waals surface area contributed by atoms with E-state index in [9.17, 15) is 18.0 Å². The third-order valence-corrected chi connectivity index (χ3v) is 8.41. The maximum Gasteiger partial charge on any atom is 0.340 e. The summed E-state index contributed by atoms with van der Waals surface area (Å²) in [6.45, 7) is 0.731. The highest BCUT2D eigenvalue weighted by atomic mass is 32.2. The first-order valence-corrected chi connectivity index (χ1v) is 12.3. The van der Waals surface area contributed by atoms with Crippen molar-refractivity contribution in [1.29, 1.82) is 0 Å². The Labute approximate surface area is 190 Å². The van der Waals surface area contributed by atoms with Gasteiger partial charge in [0.05, 0.1) is 19.2 Å². The highest BCUT2D eigenvalue weighted by Gasteiger charge is 2.35. The van der Waals surface area contributed by atoms with Crippen LogP contribution in [0.25, 0.3) is 0 Å². The fraction of sp³-hybridized carbons (Fsp3) is 0.217. The lowest BCUT2D eigenvalue weighted by atomic mass is 10.0. The third-order valence-electron chi connectivity index (χ3n) is 5.28. The van der Waals surface area contributed by atoms with Gasteiger partial charge in [0.15, 0.2) is 0 Å². The highest BCUT2D eigenvalue weighted by Crippen LogP contribution is 2.37. The Bertz CT molecular complexity index is 1240. The summed E-state index contributed by atoms with van der Waals surface area (Å²) in [7, 11) is -2.73. The van der Waals surface area contributed by atoms with Gasteiger partial charge in [0.2, 0.25) is 0 Å². The number of methoxy groups -OCH3 is 1. The van der Waals surface area contributed by atoms with E-state index in [4.69, 9.17) is 4.74 Å². The lowest BCUT2D eigenvalue weighted by molar-refractivity contribution is 0.0595. The van der Waals surface area contributed by atoms with Crippen molar-refractivity contribution < 1.29 is 22.7 Å². The smallest absolute Gasteiger partial charge is 0.340 e. The number of rotatable bonds is 6. The van der Waals surface area contributed by atoms with Crippen LogP contribution >= 0.6 is 11.3 Å². The zero-order valence-electron chi connectivity index (χ0n) is 17.4. The number of thiophene rings is 1. The van der Waals surface area contributed by atoms with E-state index >= 15 is 0 Å². The first-order valence-electron chi connectivity index (χ1n) is 10.0. The van der Waals surface area contributed by atoms with Crippen LogP contribution in [0, 0.1) is 0 Å². The Hall–Kier alpha value is -3.01. The van der Waals surface area contributed by atoms with E-state index in [1.165, 1.54) is 7.11 Å². The summed E-state index contributed by atoms with van der Waals surface area (Å²) in [6, 6.07) is 18.1. The van der Waals surface area contributed by atoms with Gasteiger partial charge in [0.1, 0.15) is 4.21 Å². The topological polar surface area (TPSA) is 92.8 Å². The van der Waals surface area contributed by atoms with Crippen molar-refractivity contribution in [2.24, 2.45) is 0 Å². The molecule has 0 unspecified atom stereocenters. The van der Waals surface area contributed by atoms with Crippen LogP contribution in [0.2, 0.25) is 0 Å². The number of carbonyl (C=O) groups is 2. The molecule has 0 radical (unpaired) electrons. The molecule has 0 spiro atoms. The predicted octanol–water partition coefficient (Wildman–Crippen LogP) is 3.21. The first kappa shape index (κ1) is 22.2. The molecule has 1 aromatic heterocycles. The maximum atomic E-state index is 13.1. The number of carbonyl (C=O) groups excluding carboxylic acids is 2. The molecular formula is C23H22N2O5S2. The zero-order valence-corrected chi connectivity index (χ0v) is 19.0. The summed E-state index contributed by atoms with van der Waals surface area (Å²) in [5.41, 5.74) is 2.08. The van der Waals surface area contributed by atoms with Crippen molar-refractivity contribution in [3.8, 4) is 0 Å². The monoisotopic (exact) mass is 470 g/mol. The molecule has 9 heteroatoms. The van der Waals surface area contributed by atoms with Crippen molar-refractivity contribution >= 4 is 33.2 Å². The van der Waals surface area contributed by atoms with E-state index in [0.717, 1.165) is 16.9 Å². The predicted molar refractivity (Wildman–Crippen MR) is 121 cm³/mol. The van der Waals surface area contributed by atoms with Crippen LogP contribution in [0.3, 0.4) is 0 Å². The fourth-order valence-corrected chi connectivity index (χ4v) is 6.61. The Kier molecular flexibility index (Phi) is 6.40. The number of hydrogen-bond acceptors (Lipinski definition) is 6. The summed E-state index contributed by atoms with van der Waals surface area (Å²) in [5, 5.41) is 0. The van der Waals surface area contributed by atoms with Crippen LogP contribution in [0.15, 0.2) is 64.9 Å². The molecule has 0 aliphatic carbocycles. The van der Waals surface area contributed by atoms with Gasteiger partial charge >= 0.3 is 5.97 Å². The van der Waals surface area contributed by atoms with Crippen LogP contribution < -0.4 is 4.72 Å². The summed E-state index contributed by atoms with van der Waals surface area (Å²) >= 11 is 1.02. The number of nitrogens with zero attached hydrogens (tertiary/aromatic N) is 1. The SMILES string of the molecule is COC(=O)c1c(S(=O)(=O)NCc2ccccc2)sc2c1CCN(C(=O)c1ccccc1)C2. The van der Waals surface area contributed by atoms with E-state index in [1.54, 1.807) is 29.2 Å². The largest absolute Gasteiger partial charge is 0.465 e. The fourth-order valence-electron chi connectivity index (χ4n) is 3.65. The van der Waals surface area contributed by atoms with Gasteiger partial charge in [0.25, 0.3) is 15.9 Å². The van der Waals surface area contributed by atoms with Gasteiger partial charge in [-0.05, 0) is 29.7 Å². The molecule has 2 aromatic carbocycles. The van der Waals surface area contributed by atoms with Crippen LogP contribution in [-0.2, 0) is 34.3 Å². The molecule has 0 atom stereocenters. The Morgan fingerprint density at radius 1 is 1.06 bits per heavy atom. The first-order chi connectivity index (χ1) is 15.4. The van der Waals surface area contributed by atoms with Gasteiger partial charge in [-0.3, -0.25) is 4.79 Å². The molecule has 1 N–H and O–H groups in total. The average Bonchev–Trinajstić information content (AvgIpc) is 3.23. The molecule has 4 rings (SSSR count). The van der Waals surface area contributed by atoms with E-state index in [0.29, 0.717) is 29.0 Å². The summed E-state index contributed by atoms with van der Waals surface area (Å²) in [4.78, 5) is 27.7. The van der Waals surface area contributed by atoms with Gasteiger partial charge in [0, 0.05) is 23.5 Å². The van der Waals surface area contributed by atoms with Gasteiger partial charge < -0.3 is 9.64 Å². The number of benzene rings is 2. The number of fused-ring (bicyclic) bond motifs is 1. The Balaban J connectivity index is 1.64. The van der Waals surface area contributed by atoms with Crippen molar-refractivity contribution in [2.45, 2.75) is 23.7 Å². The standard InChI is InChI=1S/C23H22N2O5S2/c1-30-22(27)20-18-12-13-25(21(26)17-10-6-3-7-11-17)15-19(18)31-23(20)32(28,29)24-14-16-8-4-2-5-9-16/h2-11,24H,12-15H2,1H3. The van der Waals surface area contributed by atoms with E-state index in [1.807, 2.05) is 36.4 Å². The molecule has 2 heterocycles. The van der Waals surface area contributed by atoms with E-state index in [2.05, 4.69) is 4.72 Å². The molecule has 1 aliphatic heterocycles. The van der Waals surface area contributed by atoms with Gasteiger partial charge in [-0.25, -0.2) is 17.9 Å². The second kappa shape index (κ2) is 9.23. The van der Waals surface area contributed by atoms with Crippen LogP contribution in [0.4, 0.5) is 0 Å². The van der Waals surface area contributed by atoms with Crippen molar-refractivity contribution in [1.82, 2.24) is 9.62 Å². The minimum Gasteiger partial charge on any atom is -0.465 e. The molecule has 0 fully saturated rings. The lowest BCUT2D eigenvalue weighted by Crippen LogP contribution is -2.35. The molecule has 0 saturated heterocycles. The quantitative estimate of drug-likeness (QED) is 0.559. The molecule has 3 aromatic rings. The van der Waals surface area contributed by atoms with E-state index < -0.39 is 16.0 Å².